The highest BCUT2D eigenvalue weighted by molar-refractivity contribution is 9.10. The summed E-state index contributed by atoms with van der Waals surface area (Å²) >= 11 is 5.06. The number of thioether (sulfide) groups is 1. The fourth-order valence-electron chi connectivity index (χ4n) is 1.23. The lowest BCUT2D eigenvalue weighted by Crippen LogP contribution is -2.05. The molecule has 1 heterocycles. The van der Waals surface area contributed by atoms with Crippen LogP contribution in [-0.2, 0) is 4.74 Å². The van der Waals surface area contributed by atoms with Gasteiger partial charge in [0.2, 0.25) is 0 Å². The van der Waals surface area contributed by atoms with E-state index in [1.165, 1.54) is 4.90 Å². The second kappa shape index (κ2) is 4.90. The third-order valence-corrected chi connectivity index (χ3v) is 3.42. The average molecular weight is 283 g/mol. The molecule has 0 amide bonds. The molecule has 0 fully saturated rings. The van der Waals surface area contributed by atoms with E-state index in [1.807, 2.05) is 37.3 Å². The average Bonchev–Trinajstić information content (AvgIpc) is 2.22. The first-order valence-electron chi connectivity index (χ1n) is 4.72. The largest absolute Gasteiger partial charge is 0.480 e. The molecule has 0 spiro atoms. The van der Waals surface area contributed by atoms with E-state index in [9.17, 15) is 0 Å². The first kappa shape index (κ1) is 10.8. The van der Waals surface area contributed by atoms with Gasteiger partial charge >= 0.3 is 0 Å². The standard InChI is InChI=1S/C12H11BrOS/c1-9-3-2-4-12(14-9)15-11-7-5-10(13)6-8-11/h2-9H,1H3/t9-/m1/s1. The van der Waals surface area contributed by atoms with E-state index in [0.717, 1.165) is 9.56 Å². The van der Waals surface area contributed by atoms with Gasteiger partial charge in [0.25, 0.3) is 0 Å². The number of hydrogen-bond donors (Lipinski definition) is 0. The number of ether oxygens (including phenoxy) is 1. The Hall–Kier alpha value is -0.670. The molecule has 1 aliphatic heterocycles. The first-order chi connectivity index (χ1) is 7.24. The molecule has 1 aromatic rings. The summed E-state index contributed by atoms with van der Waals surface area (Å²) in [6.45, 7) is 2.03. The van der Waals surface area contributed by atoms with Gasteiger partial charge in [0.05, 0.1) is 0 Å². The van der Waals surface area contributed by atoms with Gasteiger partial charge in [0.1, 0.15) is 6.10 Å². The Morgan fingerprint density at radius 1 is 1.27 bits per heavy atom. The monoisotopic (exact) mass is 282 g/mol. The van der Waals surface area contributed by atoms with Crippen LogP contribution in [-0.4, -0.2) is 6.10 Å². The Morgan fingerprint density at radius 2 is 2.00 bits per heavy atom. The zero-order valence-electron chi connectivity index (χ0n) is 8.31. The van der Waals surface area contributed by atoms with E-state index in [1.54, 1.807) is 11.8 Å². The van der Waals surface area contributed by atoms with Gasteiger partial charge < -0.3 is 4.74 Å². The van der Waals surface area contributed by atoms with Crippen molar-refractivity contribution in [1.82, 2.24) is 0 Å². The number of allylic oxidation sites excluding steroid dienone is 2. The molecule has 0 unspecified atom stereocenters. The number of rotatable bonds is 2. The topological polar surface area (TPSA) is 9.23 Å². The number of hydrogen-bond acceptors (Lipinski definition) is 2. The molecule has 3 heteroatoms. The highest BCUT2D eigenvalue weighted by Gasteiger charge is 2.08. The van der Waals surface area contributed by atoms with Crippen LogP contribution >= 0.6 is 27.7 Å². The second-order valence-corrected chi connectivity index (χ2v) is 5.24. The highest BCUT2D eigenvalue weighted by atomic mass is 79.9. The van der Waals surface area contributed by atoms with E-state index < -0.39 is 0 Å². The second-order valence-electron chi connectivity index (χ2n) is 3.25. The SMILES string of the molecule is C[C@@H]1C=CC=C(Sc2ccc(Br)cc2)O1. The molecule has 1 nitrogen and oxygen atoms in total. The van der Waals surface area contributed by atoms with Crippen molar-refractivity contribution in [1.29, 1.82) is 0 Å². The van der Waals surface area contributed by atoms with Crippen molar-refractivity contribution in [2.45, 2.75) is 17.9 Å². The molecule has 1 atom stereocenters. The van der Waals surface area contributed by atoms with Crippen molar-refractivity contribution >= 4 is 27.7 Å². The lowest BCUT2D eigenvalue weighted by atomic mass is 10.3. The summed E-state index contributed by atoms with van der Waals surface area (Å²) in [4.78, 5) is 1.19. The molecule has 1 aliphatic rings. The normalized spacial score (nSPS) is 19.6. The molecule has 0 aliphatic carbocycles. The van der Waals surface area contributed by atoms with Crippen molar-refractivity contribution in [2.24, 2.45) is 0 Å². The highest BCUT2D eigenvalue weighted by Crippen LogP contribution is 2.30. The zero-order chi connectivity index (χ0) is 10.7. The van der Waals surface area contributed by atoms with Gasteiger partial charge in [-0.25, -0.2) is 0 Å². The van der Waals surface area contributed by atoms with Crippen LogP contribution in [0.4, 0.5) is 0 Å². The Morgan fingerprint density at radius 3 is 2.67 bits per heavy atom. The summed E-state index contributed by atoms with van der Waals surface area (Å²) in [6, 6.07) is 8.21. The minimum Gasteiger partial charge on any atom is -0.480 e. The van der Waals surface area contributed by atoms with Crippen LogP contribution in [0, 0.1) is 0 Å². The molecule has 0 N–H and O–H groups in total. The van der Waals surface area contributed by atoms with E-state index in [0.29, 0.717) is 0 Å². The minimum atomic E-state index is 0.174. The molecular weight excluding hydrogens is 272 g/mol. The van der Waals surface area contributed by atoms with E-state index >= 15 is 0 Å². The summed E-state index contributed by atoms with van der Waals surface area (Å²) < 4.78 is 6.74. The van der Waals surface area contributed by atoms with Crippen LogP contribution in [0.2, 0.25) is 0 Å². The summed E-state index contributed by atoms with van der Waals surface area (Å²) in [5, 5.41) is 0.951. The Kier molecular flexibility index (Phi) is 3.54. The maximum Gasteiger partial charge on any atom is 0.158 e. The molecule has 0 saturated carbocycles. The lowest BCUT2D eigenvalue weighted by molar-refractivity contribution is 0.190. The Labute approximate surface area is 102 Å². The van der Waals surface area contributed by atoms with Crippen molar-refractivity contribution in [3.05, 3.63) is 52.1 Å². The fourth-order valence-corrected chi connectivity index (χ4v) is 2.34. The third-order valence-electron chi connectivity index (χ3n) is 1.95. The molecule has 1 aromatic carbocycles. The molecule has 15 heavy (non-hydrogen) atoms. The first-order valence-corrected chi connectivity index (χ1v) is 6.33. The van der Waals surface area contributed by atoms with Crippen LogP contribution in [0.1, 0.15) is 6.92 Å². The smallest absolute Gasteiger partial charge is 0.158 e. The predicted molar refractivity (Wildman–Crippen MR) is 67.8 cm³/mol. The van der Waals surface area contributed by atoms with Crippen molar-refractivity contribution in [3.8, 4) is 0 Å². The van der Waals surface area contributed by atoms with Gasteiger partial charge in [0, 0.05) is 9.37 Å². The van der Waals surface area contributed by atoms with Crippen molar-refractivity contribution in [3.63, 3.8) is 0 Å². The van der Waals surface area contributed by atoms with Gasteiger partial charge in [-0.3, -0.25) is 0 Å². The maximum atomic E-state index is 5.65. The molecule has 0 saturated heterocycles. The van der Waals surface area contributed by atoms with Crippen LogP contribution < -0.4 is 0 Å². The van der Waals surface area contributed by atoms with Crippen LogP contribution in [0.15, 0.2) is 57.0 Å². The Bertz CT molecular complexity index is 395. The number of halogens is 1. The van der Waals surface area contributed by atoms with Crippen molar-refractivity contribution in [2.75, 3.05) is 0 Å². The molecule has 78 valence electrons. The van der Waals surface area contributed by atoms with E-state index in [2.05, 4.69) is 28.1 Å². The number of benzene rings is 1. The maximum absolute atomic E-state index is 5.65. The van der Waals surface area contributed by atoms with Gasteiger partial charge in [-0.15, -0.1) is 0 Å². The van der Waals surface area contributed by atoms with Gasteiger partial charge in [-0.05, 0) is 43.3 Å². The van der Waals surface area contributed by atoms with Gasteiger partial charge in [-0.1, -0.05) is 33.8 Å². The van der Waals surface area contributed by atoms with Gasteiger partial charge in [-0.2, -0.15) is 0 Å². The quantitative estimate of drug-likeness (QED) is 0.797. The molecule has 2 rings (SSSR count). The molecule has 0 bridgehead atoms. The van der Waals surface area contributed by atoms with E-state index in [-0.39, 0.29) is 6.10 Å². The minimum absolute atomic E-state index is 0.174. The van der Waals surface area contributed by atoms with Crippen LogP contribution in [0.5, 0.6) is 0 Å². The summed E-state index contributed by atoms with van der Waals surface area (Å²) in [5.41, 5.74) is 0. The summed E-state index contributed by atoms with van der Waals surface area (Å²) in [5.74, 6) is 0. The van der Waals surface area contributed by atoms with Crippen LogP contribution in [0.3, 0.4) is 0 Å². The van der Waals surface area contributed by atoms with Crippen LogP contribution in [0.25, 0.3) is 0 Å². The summed E-state index contributed by atoms with van der Waals surface area (Å²) in [7, 11) is 0. The third kappa shape index (κ3) is 3.14. The fraction of sp³-hybridized carbons (Fsp3) is 0.167. The summed E-state index contributed by atoms with van der Waals surface area (Å²) in [6.07, 6.45) is 6.24. The zero-order valence-corrected chi connectivity index (χ0v) is 10.7. The molecular formula is C12H11BrOS. The lowest BCUT2D eigenvalue weighted by Gasteiger charge is -2.16. The Balaban J connectivity index is 2.06. The van der Waals surface area contributed by atoms with Crippen molar-refractivity contribution < 1.29 is 4.74 Å². The van der Waals surface area contributed by atoms with E-state index in [4.69, 9.17) is 4.74 Å². The molecule has 0 aromatic heterocycles. The molecule has 0 radical (unpaired) electrons. The van der Waals surface area contributed by atoms with Gasteiger partial charge in [0.15, 0.2) is 5.09 Å². The predicted octanol–water partition coefficient (Wildman–Crippen LogP) is 4.36.